The molecule has 2 aliphatic rings. The monoisotopic (exact) mass is 487 g/mol. The SMILES string of the molecule is Cc1ccc(NC(=O)CN2C(=O)C(C)(C)c3cc(S(=O)(=O)N4CCC[C@@H](C)C4)ccc32)cc1F. The van der Waals surface area contributed by atoms with Crippen molar-refractivity contribution in [3.05, 3.63) is 53.3 Å². The molecule has 2 aliphatic heterocycles. The third-order valence-electron chi connectivity index (χ3n) is 6.73. The van der Waals surface area contributed by atoms with E-state index in [-0.39, 0.29) is 17.3 Å². The maximum absolute atomic E-state index is 13.8. The Morgan fingerprint density at radius 1 is 1.21 bits per heavy atom. The number of carbonyl (C=O) groups is 2. The number of hydrogen-bond donors (Lipinski definition) is 1. The Hall–Kier alpha value is -2.78. The molecular formula is C25H30FN3O4S. The molecule has 2 amide bonds. The number of rotatable bonds is 5. The van der Waals surface area contributed by atoms with Gasteiger partial charge >= 0.3 is 0 Å². The van der Waals surface area contributed by atoms with E-state index in [9.17, 15) is 22.4 Å². The molecule has 2 aromatic rings. The van der Waals surface area contributed by atoms with Gasteiger partial charge in [-0.3, -0.25) is 9.59 Å². The van der Waals surface area contributed by atoms with Crippen molar-refractivity contribution in [2.24, 2.45) is 5.92 Å². The van der Waals surface area contributed by atoms with Crippen LogP contribution in [-0.4, -0.2) is 44.2 Å². The number of fused-ring (bicyclic) bond motifs is 1. The molecule has 0 unspecified atom stereocenters. The summed E-state index contributed by atoms with van der Waals surface area (Å²) in [4.78, 5) is 27.4. The zero-order valence-electron chi connectivity index (χ0n) is 19.9. The van der Waals surface area contributed by atoms with Gasteiger partial charge in [-0.15, -0.1) is 0 Å². The zero-order valence-corrected chi connectivity index (χ0v) is 20.7. The highest BCUT2D eigenvalue weighted by Gasteiger charge is 2.45. The maximum Gasteiger partial charge on any atom is 0.244 e. The van der Waals surface area contributed by atoms with Crippen molar-refractivity contribution in [2.45, 2.75) is 50.8 Å². The molecule has 1 N–H and O–H groups in total. The molecule has 2 aromatic carbocycles. The van der Waals surface area contributed by atoms with Gasteiger partial charge in [0.1, 0.15) is 12.4 Å². The minimum atomic E-state index is -3.68. The molecule has 9 heteroatoms. The van der Waals surface area contributed by atoms with Crippen molar-refractivity contribution < 1.29 is 22.4 Å². The number of nitrogens with one attached hydrogen (secondary N) is 1. The molecule has 0 radical (unpaired) electrons. The molecule has 0 spiro atoms. The fourth-order valence-corrected chi connectivity index (χ4v) is 6.28. The predicted octanol–water partition coefficient (Wildman–Crippen LogP) is 3.82. The second-order valence-corrected chi connectivity index (χ2v) is 11.8. The Balaban J connectivity index is 1.59. The molecule has 0 saturated carbocycles. The molecule has 1 atom stereocenters. The minimum absolute atomic E-state index is 0.155. The lowest BCUT2D eigenvalue weighted by molar-refractivity contribution is -0.124. The van der Waals surface area contributed by atoms with E-state index in [4.69, 9.17) is 0 Å². The summed E-state index contributed by atoms with van der Waals surface area (Å²) in [6.45, 7) is 7.82. The van der Waals surface area contributed by atoms with Gasteiger partial charge in [-0.05, 0) is 81.0 Å². The lowest BCUT2D eigenvalue weighted by Crippen LogP contribution is -2.40. The van der Waals surface area contributed by atoms with E-state index in [1.165, 1.54) is 21.3 Å². The summed E-state index contributed by atoms with van der Waals surface area (Å²) in [5.41, 5.74) is 0.848. The summed E-state index contributed by atoms with van der Waals surface area (Å²) in [5, 5.41) is 2.62. The Morgan fingerprint density at radius 3 is 2.62 bits per heavy atom. The van der Waals surface area contributed by atoms with E-state index in [1.54, 1.807) is 45.0 Å². The summed E-state index contributed by atoms with van der Waals surface area (Å²) in [6.07, 6.45) is 1.83. The minimum Gasteiger partial charge on any atom is -0.324 e. The van der Waals surface area contributed by atoms with E-state index in [0.717, 1.165) is 12.8 Å². The van der Waals surface area contributed by atoms with Crippen LogP contribution in [0.4, 0.5) is 15.8 Å². The van der Waals surface area contributed by atoms with Gasteiger partial charge in [-0.2, -0.15) is 4.31 Å². The van der Waals surface area contributed by atoms with Gasteiger partial charge in [0.05, 0.1) is 10.3 Å². The lowest BCUT2D eigenvalue weighted by Gasteiger charge is -2.30. The molecule has 1 saturated heterocycles. The van der Waals surface area contributed by atoms with Crippen LogP contribution in [0, 0.1) is 18.7 Å². The molecule has 0 aliphatic carbocycles. The van der Waals surface area contributed by atoms with Crippen LogP contribution in [0.2, 0.25) is 0 Å². The number of nitrogens with zero attached hydrogens (tertiary/aromatic N) is 2. The highest BCUT2D eigenvalue weighted by Crippen LogP contribution is 2.43. The molecule has 7 nitrogen and oxygen atoms in total. The molecular weight excluding hydrogens is 457 g/mol. The molecule has 1 fully saturated rings. The van der Waals surface area contributed by atoms with E-state index in [0.29, 0.717) is 41.5 Å². The number of hydrogen-bond acceptors (Lipinski definition) is 4. The highest BCUT2D eigenvalue weighted by molar-refractivity contribution is 7.89. The van der Waals surface area contributed by atoms with Gasteiger partial charge in [0.25, 0.3) is 0 Å². The van der Waals surface area contributed by atoms with Crippen molar-refractivity contribution in [2.75, 3.05) is 29.9 Å². The van der Waals surface area contributed by atoms with Crippen LogP contribution in [0.1, 0.15) is 44.7 Å². The van der Waals surface area contributed by atoms with Gasteiger partial charge in [0.2, 0.25) is 21.8 Å². The van der Waals surface area contributed by atoms with Crippen LogP contribution in [0.5, 0.6) is 0 Å². The number of benzene rings is 2. The largest absolute Gasteiger partial charge is 0.324 e. The van der Waals surface area contributed by atoms with E-state index in [2.05, 4.69) is 5.32 Å². The van der Waals surface area contributed by atoms with Crippen molar-refractivity contribution in [3.63, 3.8) is 0 Å². The molecule has 182 valence electrons. The predicted molar refractivity (Wildman–Crippen MR) is 129 cm³/mol. The number of amides is 2. The first-order valence-corrected chi connectivity index (χ1v) is 12.9. The number of halogens is 1. The van der Waals surface area contributed by atoms with Gasteiger partial charge in [-0.25, -0.2) is 12.8 Å². The summed E-state index contributed by atoms with van der Waals surface area (Å²) < 4.78 is 41.9. The van der Waals surface area contributed by atoms with Gasteiger partial charge in [-0.1, -0.05) is 13.0 Å². The smallest absolute Gasteiger partial charge is 0.244 e. The molecule has 0 aromatic heterocycles. The number of aryl methyl sites for hydroxylation is 1. The maximum atomic E-state index is 13.8. The van der Waals surface area contributed by atoms with Crippen LogP contribution >= 0.6 is 0 Å². The summed E-state index contributed by atoms with van der Waals surface area (Å²) >= 11 is 0. The first kappa shape index (κ1) is 24.3. The normalized spacial score (nSPS) is 20.3. The third kappa shape index (κ3) is 4.34. The fraction of sp³-hybridized carbons (Fsp3) is 0.440. The van der Waals surface area contributed by atoms with E-state index >= 15 is 0 Å². The van der Waals surface area contributed by atoms with Crippen molar-refractivity contribution >= 4 is 33.2 Å². The third-order valence-corrected chi connectivity index (χ3v) is 8.59. The standard InChI is InChI=1S/C25H30FN3O4S/c1-16-6-5-11-28(14-16)34(32,33)19-9-10-22-20(13-19)25(3,4)24(31)29(22)15-23(30)27-18-8-7-17(2)21(26)12-18/h7-10,12-13,16H,5-6,11,14-15H2,1-4H3,(H,27,30)/t16-/m1/s1. The van der Waals surface area contributed by atoms with Crippen molar-refractivity contribution in [1.29, 1.82) is 0 Å². The van der Waals surface area contributed by atoms with Gasteiger partial charge < -0.3 is 10.2 Å². The summed E-state index contributed by atoms with van der Waals surface area (Å²) in [5.74, 6) is -0.904. The van der Waals surface area contributed by atoms with E-state index in [1.807, 2.05) is 6.92 Å². The molecule has 0 bridgehead atoms. The van der Waals surface area contributed by atoms with Gasteiger partial charge in [0, 0.05) is 24.5 Å². The van der Waals surface area contributed by atoms with E-state index < -0.39 is 27.2 Å². The molecule has 34 heavy (non-hydrogen) atoms. The first-order chi connectivity index (χ1) is 15.9. The van der Waals surface area contributed by atoms with Crippen molar-refractivity contribution in [1.82, 2.24) is 4.31 Å². The molecule has 2 heterocycles. The Labute approximate surface area is 200 Å². The Bertz CT molecular complexity index is 1260. The highest BCUT2D eigenvalue weighted by atomic mass is 32.2. The molecule has 4 rings (SSSR count). The fourth-order valence-electron chi connectivity index (χ4n) is 4.66. The topological polar surface area (TPSA) is 86.8 Å². The summed E-state index contributed by atoms with van der Waals surface area (Å²) in [7, 11) is -3.68. The van der Waals surface area contributed by atoms with Crippen LogP contribution in [0.3, 0.4) is 0 Å². The lowest BCUT2D eigenvalue weighted by atomic mass is 9.86. The Kier molecular flexibility index (Phi) is 6.29. The Morgan fingerprint density at radius 2 is 1.94 bits per heavy atom. The number of sulfonamides is 1. The van der Waals surface area contributed by atoms with Crippen LogP contribution in [0.25, 0.3) is 0 Å². The quantitative estimate of drug-likeness (QED) is 0.695. The van der Waals surface area contributed by atoms with Crippen LogP contribution in [-0.2, 0) is 25.0 Å². The second kappa shape index (κ2) is 8.78. The number of anilines is 2. The first-order valence-electron chi connectivity index (χ1n) is 11.4. The summed E-state index contributed by atoms with van der Waals surface area (Å²) in [6, 6.07) is 9.06. The average Bonchev–Trinajstić information content (AvgIpc) is 2.96. The second-order valence-electron chi connectivity index (χ2n) is 9.82. The number of piperidine rings is 1. The zero-order chi connectivity index (χ0) is 24.8. The van der Waals surface area contributed by atoms with Crippen molar-refractivity contribution in [3.8, 4) is 0 Å². The van der Waals surface area contributed by atoms with Crippen LogP contribution in [0.15, 0.2) is 41.3 Å². The number of carbonyl (C=O) groups excluding carboxylic acids is 2. The average molecular weight is 488 g/mol. The van der Waals surface area contributed by atoms with Gasteiger partial charge in [0.15, 0.2) is 0 Å². The van der Waals surface area contributed by atoms with Crippen LogP contribution < -0.4 is 10.2 Å².